The smallest absolute Gasteiger partial charge is 0.182 e. The number of aryl methyl sites for hydroxylation is 3. The maximum Gasteiger partial charge on any atom is 0.182 e. The van der Waals surface area contributed by atoms with Crippen LogP contribution in [0.15, 0.2) is 60.8 Å². The molecule has 1 aromatic heterocycles. The highest BCUT2D eigenvalue weighted by atomic mass is 16.5. The predicted octanol–water partition coefficient (Wildman–Crippen LogP) is 8.03. The molecule has 3 nitrogen and oxygen atoms in total. The number of hydrogen-bond acceptors (Lipinski definition) is 3. The van der Waals surface area contributed by atoms with E-state index in [2.05, 4.69) is 95.0 Å². The molecular formula is C28H28N2O. The summed E-state index contributed by atoms with van der Waals surface area (Å²) in [7, 11) is 0. The Morgan fingerprint density at radius 2 is 1.58 bits per heavy atom. The molecule has 0 unspecified atom stereocenters. The van der Waals surface area contributed by atoms with Gasteiger partial charge in [-0.15, -0.1) is 0 Å². The Hall–Kier alpha value is -3.33. The van der Waals surface area contributed by atoms with Gasteiger partial charge in [-0.2, -0.15) is 0 Å². The largest absolute Gasteiger partial charge is 0.451 e. The van der Waals surface area contributed by atoms with Gasteiger partial charge in [-0.3, -0.25) is 4.90 Å². The zero-order valence-corrected chi connectivity index (χ0v) is 19.1. The zero-order chi connectivity index (χ0) is 21.9. The molecule has 3 heteroatoms. The van der Waals surface area contributed by atoms with E-state index in [1.807, 2.05) is 12.3 Å². The van der Waals surface area contributed by atoms with Gasteiger partial charge in [0, 0.05) is 17.0 Å². The van der Waals surface area contributed by atoms with Crippen molar-refractivity contribution in [1.82, 2.24) is 4.98 Å². The number of nitrogens with zero attached hydrogens (tertiary/aromatic N) is 2. The van der Waals surface area contributed by atoms with Gasteiger partial charge in [-0.05, 0) is 60.6 Å². The van der Waals surface area contributed by atoms with Crippen molar-refractivity contribution in [2.45, 2.75) is 47.0 Å². The van der Waals surface area contributed by atoms with Crippen LogP contribution in [0.25, 0.3) is 10.8 Å². The molecular weight excluding hydrogens is 380 g/mol. The van der Waals surface area contributed by atoms with Crippen LogP contribution in [0.2, 0.25) is 0 Å². The van der Waals surface area contributed by atoms with Crippen molar-refractivity contribution in [1.29, 1.82) is 0 Å². The highest BCUT2D eigenvalue weighted by molar-refractivity contribution is 5.97. The second-order valence-electron chi connectivity index (χ2n) is 9.62. The molecule has 0 atom stereocenters. The first kappa shape index (κ1) is 19.6. The standard InChI is InChI=1S/C28H28N2O/c1-17-11-12-24-23(13-17)30(25-18(2)14-21(15-19(25)3)28(4,5)6)27-26(31-24)22-10-8-7-9-20(22)16-29-27/h7-16H,1-6H3. The molecule has 5 rings (SSSR count). The molecule has 3 aromatic carbocycles. The molecule has 1 aliphatic heterocycles. The van der Waals surface area contributed by atoms with Crippen LogP contribution in [-0.2, 0) is 5.41 Å². The first-order valence-corrected chi connectivity index (χ1v) is 10.8. The lowest BCUT2D eigenvalue weighted by Gasteiger charge is -2.35. The fourth-order valence-electron chi connectivity index (χ4n) is 4.47. The van der Waals surface area contributed by atoms with E-state index in [-0.39, 0.29) is 5.41 Å². The third-order valence-corrected chi connectivity index (χ3v) is 6.09. The Morgan fingerprint density at radius 1 is 0.871 bits per heavy atom. The van der Waals surface area contributed by atoms with E-state index in [4.69, 9.17) is 9.72 Å². The van der Waals surface area contributed by atoms with Gasteiger partial charge in [0.25, 0.3) is 0 Å². The van der Waals surface area contributed by atoms with Crippen LogP contribution in [0.5, 0.6) is 11.5 Å². The van der Waals surface area contributed by atoms with Gasteiger partial charge >= 0.3 is 0 Å². The van der Waals surface area contributed by atoms with Crippen molar-refractivity contribution in [2.75, 3.05) is 4.90 Å². The highest BCUT2D eigenvalue weighted by Gasteiger charge is 2.31. The van der Waals surface area contributed by atoms with Gasteiger partial charge in [0.15, 0.2) is 17.3 Å². The maximum atomic E-state index is 6.45. The van der Waals surface area contributed by atoms with Gasteiger partial charge in [-0.25, -0.2) is 4.98 Å². The molecule has 156 valence electrons. The maximum absolute atomic E-state index is 6.45. The predicted molar refractivity (Wildman–Crippen MR) is 129 cm³/mol. The van der Waals surface area contributed by atoms with Crippen LogP contribution in [0.1, 0.15) is 43.0 Å². The summed E-state index contributed by atoms with van der Waals surface area (Å²) in [5, 5.41) is 2.15. The van der Waals surface area contributed by atoms with E-state index in [9.17, 15) is 0 Å². The number of aromatic nitrogens is 1. The molecule has 2 heterocycles. The molecule has 0 saturated heterocycles. The summed E-state index contributed by atoms with van der Waals surface area (Å²) in [5.41, 5.74) is 7.31. The number of benzene rings is 3. The Labute approximate surface area is 184 Å². The summed E-state index contributed by atoms with van der Waals surface area (Å²) in [6.07, 6.45) is 1.94. The normalized spacial score (nSPS) is 13.0. The Morgan fingerprint density at radius 3 is 2.29 bits per heavy atom. The third-order valence-electron chi connectivity index (χ3n) is 6.09. The quantitative estimate of drug-likeness (QED) is 0.281. The van der Waals surface area contributed by atoms with Crippen molar-refractivity contribution in [3.63, 3.8) is 0 Å². The number of pyridine rings is 1. The van der Waals surface area contributed by atoms with Gasteiger partial charge < -0.3 is 4.74 Å². The van der Waals surface area contributed by atoms with E-state index in [0.717, 1.165) is 33.8 Å². The second kappa shape index (κ2) is 6.84. The summed E-state index contributed by atoms with van der Waals surface area (Å²) in [6.45, 7) is 13.3. The Kier molecular flexibility index (Phi) is 4.33. The van der Waals surface area contributed by atoms with Crippen LogP contribution in [0.3, 0.4) is 0 Å². The number of ether oxygens (including phenoxy) is 1. The lowest BCUT2D eigenvalue weighted by Crippen LogP contribution is -2.20. The van der Waals surface area contributed by atoms with E-state index in [1.165, 1.54) is 27.9 Å². The molecule has 0 radical (unpaired) electrons. The van der Waals surface area contributed by atoms with Gasteiger partial charge in [0.2, 0.25) is 0 Å². The van der Waals surface area contributed by atoms with E-state index < -0.39 is 0 Å². The third kappa shape index (κ3) is 3.16. The van der Waals surface area contributed by atoms with Crippen LogP contribution in [0.4, 0.5) is 17.2 Å². The number of anilines is 3. The SMILES string of the molecule is Cc1ccc2c(c1)N(c1c(C)cc(C(C)(C)C)cc1C)c1ncc3ccccc3c1O2. The summed E-state index contributed by atoms with van der Waals surface area (Å²) in [5.74, 6) is 2.51. The molecule has 0 bridgehead atoms. The first-order chi connectivity index (χ1) is 14.7. The minimum Gasteiger partial charge on any atom is -0.451 e. The molecule has 0 saturated carbocycles. The van der Waals surface area contributed by atoms with E-state index in [1.54, 1.807) is 0 Å². The molecule has 1 aliphatic rings. The molecule has 0 spiro atoms. The minimum absolute atomic E-state index is 0.0971. The molecule has 0 aliphatic carbocycles. The average Bonchev–Trinajstić information content (AvgIpc) is 2.72. The average molecular weight is 409 g/mol. The molecule has 4 aromatic rings. The number of rotatable bonds is 1. The fraction of sp³-hybridized carbons (Fsp3) is 0.250. The van der Waals surface area contributed by atoms with Gasteiger partial charge in [-0.1, -0.05) is 63.2 Å². The first-order valence-electron chi connectivity index (χ1n) is 10.8. The summed E-state index contributed by atoms with van der Waals surface area (Å²) >= 11 is 0. The summed E-state index contributed by atoms with van der Waals surface area (Å²) in [6, 6.07) is 19.3. The second-order valence-corrected chi connectivity index (χ2v) is 9.62. The monoisotopic (exact) mass is 408 g/mol. The van der Waals surface area contributed by atoms with Crippen molar-refractivity contribution in [2.24, 2.45) is 0 Å². The molecule has 0 N–H and O–H groups in total. The molecule has 0 fully saturated rings. The Balaban J connectivity index is 1.82. The van der Waals surface area contributed by atoms with E-state index in [0.29, 0.717) is 0 Å². The molecule has 31 heavy (non-hydrogen) atoms. The number of hydrogen-bond donors (Lipinski definition) is 0. The van der Waals surface area contributed by atoms with Crippen LogP contribution >= 0.6 is 0 Å². The Bertz CT molecular complexity index is 1310. The zero-order valence-electron chi connectivity index (χ0n) is 19.1. The minimum atomic E-state index is 0.0971. The van der Waals surface area contributed by atoms with Crippen LogP contribution < -0.4 is 9.64 Å². The van der Waals surface area contributed by atoms with Crippen molar-refractivity contribution >= 4 is 28.0 Å². The highest BCUT2D eigenvalue weighted by Crippen LogP contribution is 2.53. The van der Waals surface area contributed by atoms with Crippen LogP contribution in [0, 0.1) is 20.8 Å². The number of fused-ring (bicyclic) bond motifs is 4. The summed E-state index contributed by atoms with van der Waals surface area (Å²) in [4.78, 5) is 7.17. The van der Waals surface area contributed by atoms with Crippen molar-refractivity contribution in [3.8, 4) is 11.5 Å². The van der Waals surface area contributed by atoms with Gasteiger partial charge in [0.1, 0.15) is 0 Å². The van der Waals surface area contributed by atoms with Crippen molar-refractivity contribution in [3.05, 3.63) is 83.0 Å². The van der Waals surface area contributed by atoms with Crippen LogP contribution in [-0.4, -0.2) is 4.98 Å². The lowest BCUT2D eigenvalue weighted by molar-refractivity contribution is 0.479. The van der Waals surface area contributed by atoms with Crippen molar-refractivity contribution < 1.29 is 4.74 Å². The fourth-order valence-corrected chi connectivity index (χ4v) is 4.47. The van der Waals surface area contributed by atoms with E-state index >= 15 is 0 Å². The lowest BCUT2D eigenvalue weighted by atomic mass is 9.84. The molecule has 0 amide bonds. The summed E-state index contributed by atoms with van der Waals surface area (Å²) < 4.78 is 6.45. The topological polar surface area (TPSA) is 25.4 Å². The van der Waals surface area contributed by atoms with Gasteiger partial charge in [0.05, 0.1) is 11.4 Å².